The molecule has 6 nitrogen and oxygen atoms in total. The number of carbonyl (C=O) groups is 1. The van der Waals surface area contributed by atoms with Crippen molar-refractivity contribution in [3.8, 4) is 0 Å². The highest BCUT2D eigenvalue weighted by molar-refractivity contribution is 6.54. The van der Waals surface area contributed by atoms with Gasteiger partial charge in [-0.2, -0.15) is 0 Å². The number of ketones is 1. The molecular weight excluding hydrogens is 341 g/mol. The summed E-state index contributed by atoms with van der Waals surface area (Å²) in [7, 11) is 0. The number of nitrogens with zero attached hydrogens (tertiary/aromatic N) is 2. The molecule has 0 saturated heterocycles. The summed E-state index contributed by atoms with van der Waals surface area (Å²) < 4.78 is 1.33. The highest BCUT2D eigenvalue weighted by Gasteiger charge is 2.41. The van der Waals surface area contributed by atoms with Crippen LogP contribution < -0.4 is 5.56 Å². The van der Waals surface area contributed by atoms with Crippen molar-refractivity contribution in [3.63, 3.8) is 0 Å². The van der Waals surface area contributed by atoms with Gasteiger partial charge in [0.05, 0.1) is 5.03 Å². The third-order valence-electron chi connectivity index (χ3n) is 3.50. The predicted octanol–water partition coefficient (Wildman–Crippen LogP) is 2.83. The van der Waals surface area contributed by atoms with Gasteiger partial charge in [0.25, 0.3) is 5.56 Å². The Bertz CT molecular complexity index is 769. The first-order valence-electron chi connectivity index (χ1n) is 7.15. The molecule has 1 unspecified atom stereocenters. The number of Topliss-reactive ketones (excluding diaryl/α,β-unsaturated/α-hetero) is 1. The van der Waals surface area contributed by atoms with E-state index in [0.29, 0.717) is 13.2 Å². The van der Waals surface area contributed by atoms with E-state index in [-0.39, 0.29) is 21.9 Å². The molecule has 1 aliphatic rings. The number of H-pyrrole nitrogens is 1. The van der Waals surface area contributed by atoms with Gasteiger partial charge in [0.1, 0.15) is 22.8 Å². The lowest BCUT2D eigenvalue weighted by molar-refractivity contribution is 0.102. The molecule has 2 rings (SSSR count). The van der Waals surface area contributed by atoms with E-state index in [1.807, 2.05) is 0 Å². The molecule has 1 heterocycles. The Kier molecular flexibility index (Phi) is 5.16. The lowest BCUT2D eigenvalue weighted by Gasteiger charge is -2.28. The van der Waals surface area contributed by atoms with Gasteiger partial charge in [-0.05, 0) is 26.8 Å². The molecule has 0 fully saturated rings. The Morgan fingerprint density at radius 2 is 2.13 bits per heavy atom. The third kappa shape index (κ3) is 3.14. The van der Waals surface area contributed by atoms with Gasteiger partial charge in [-0.3, -0.25) is 14.3 Å². The van der Waals surface area contributed by atoms with E-state index in [0.717, 1.165) is 0 Å². The second-order valence-electron chi connectivity index (χ2n) is 5.02. The van der Waals surface area contributed by atoms with E-state index in [4.69, 9.17) is 28.0 Å². The molecule has 0 saturated carbocycles. The second-order valence-corrected chi connectivity index (χ2v) is 6.18. The minimum Gasteiger partial charge on any atom is -0.396 e. The zero-order valence-electron chi connectivity index (χ0n) is 13.0. The zero-order valence-corrected chi connectivity index (χ0v) is 14.5. The van der Waals surface area contributed by atoms with Crippen LogP contribution in [-0.2, 0) is 11.4 Å². The summed E-state index contributed by atoms with van der Waals surface area (Å²) in [5.41, 5.74) is 0.0724. The summed E-state index contributed by atoms with van der Waals surface area (Å²) in [6.45, 7) is 5.94. The van der Waals surface area contributed by atoms with Crippen molar-refractivity contribution in [1.82, 2.24) is 9.78 Å². The fourth-order valence-electron chi connectivity index (χ4n) is 2.24. The number of allylic oxidation sites excluding steroid dienone is 4. The van der Waals surface area contributed by atoms with Gasteiger partial charge in [-0.25, -0.2) is 0 Å². The van der Waals surface area contributed by atoms with Crippen LogP contribution in [0.25, 0.3) is 0 Å². The number of carbonyl (C=O) groups excluding carboxylic acids is 1. The molecule has 1 aromatic rings. The van der Waals surface area contributed by atoms with E-state index >= 15 is 0 Å². The maximum absolute atomic E-state index is 12.7. The van der Waals surface area contributed by atoms with Crippen LogP contribution in [0.4, 0.5) is 0 Å². The SMILES string of the molecule is CCON=C1C(Cl)=CC=C(C(=O)c2c[nH]n(CC)c2=O)C1(C)Cl. The molecule has 1 aromatic heterocycles. The molecule has 0 amide bonds. The number of hydrogen-bond donors (Lipinski definition) is 1. The molecule has 1 N–H and O–H groups in total. The van der Waals surface area contributed by atoms with Gasteiger partial charge in [0.2, 0.25) is 0 Å². The van der Waals surface area contributed by atoms with Crippen molar-refractivity contribution in [3.05, 3.63) is 44.9 Å². The summed E-state index contributed by atoms with van der Waals surface area (Å²) in [5.74, 6) is -0.472. The maximum Gasteiger partial charge on any atom is 0.277 e. The molecule has 0 aromatic carbocycles. The topological polar surface area (TPSA) is 76.4 Å². The monoisotopic (exact) mass is 357 g/mol. The standard InChI is InChI=1S/C15H17Cl2N3O3/c1-4-20-14(22)9(8-18-20)12(21)10-6-7-11(16)13(15(10,3)17)19-23-5-2/h6-8,18H,4-5H2,1-3H3. The van der Waals surface area contributed by atoms with Gasteiger partial charge in [-0.15, -0.1) is 11.6 Å². The summed E-state index contributed by atoms with van der Waals surface area (Å²) in [6.07, 6.45) is 4.40. The highest BCUT2D eigenvalue weighted by atomic mass is 35.5. The lowest BCUT2D eigenvalue weighted by Crippen LogP contribution is -2.38. The number of hydrogen-bond acceptors (Lipinski definition) is 4. The first kappa shape index (κ1) is 17.6. The Morgan fingerprint density at radius 3 is 2.70 bits per heavy atom. The zero-order chi connectivity index (χ0) is 17.2. The van der Waals surface area contributed by atoms with E-state index in [2.05, 4.69) is 10.3 Å². The molecule has 0 spiro atoms. The minimum absolute atomic E-state index is 0.0205. The van der Waals surface area contributed by atoms with Crippen molar-refractivity contribution in [2.24, 2.45) is 5.16 Å². The lowest BCUT2D eigenvalue weighted by atomic mass is 9.86. The Hall–Kier alpha value is -1.79. The number of aromatic amines is 1. The second kappa shape index (κ2) is 6.76. The van der Waals surface area contributed by atoms with Crippen molar-refractivity contribution < 1.29 is 9.63 Å². The van der Waals surface area contributed by atoms with Gasteiger partial charge < -0.3 is 9.94 Å². The van der Waals surface area contributed by atoms with Crippen LogP contribution >= 0.6 is 23.2 Å². The van der Waals surface area contributed by atoms with Crippen molar-refractivity contribution in [2.45, 2.75) is 32.2 Å². The molecule has 1 aliphatic carbocycles. The van der Waals surface area contributed by atoms with Crippen LogP contribution in [0.5, 0.6) is 0 Å². The first-order chi connectivity index (χ1) is 10.8. The third-order valence-corrected chi connectivity index (χ3v) is 4.19. The van der Waals surface area contributed by atoms with Gasteiger partial charge in [0.15, 0.2) is 5.78 Å². The van der Waals surface area contributed by atoms with Crippen LogP contribution in [0.3, 0.4) is 0 Å². The largest absolute Gasteiger partial charge is 0.396 e. The maximum atomic E-state index is 12.7. The van der Waals surface area contributed by atoms with E-state index in [1.165, 1.54) is 23.0 Å². The predicted molar refractivity (Wildman–Crippen MR) is 90.4 cm³/mol. The van der Waals surface area contributed by atoms with E-state index in [9.17, 15) is 9.59 Å². The van der Waals surface area contributed by atoms with Crippen LogP contribution in [-0.4, -0.2) is 32.8 Å². The summed E-state index contributed by atoms with van der Waals surface area (Å²) in [4.78, 5) is 28.6. The van der Waals surface area contributed by atoms with E-state index in [1.54, 1.807) is 20.8 Å². The van der Waals surface area contributed by atoms with Crippen LogP contribution in [0, 0.1) is 0 Å². The van der Waals surface area contributed by atoms with Crippen molar-refractivity contribution >= 4 is 34.7 Å². The van der Waals surface area contributed by atoms with Crippen LogP contribution in [0.15, 0.2) is 38.9 Å². The first-order valence-corrected chi connectivity index (χ1v) is 7.90. The van der Waals surface area contributed by atoms with E-state index < -0.39 is 16.2 Å². The summed E-state index contributed by atoms with van der Waals surface area (Å²) >= 11 is 12.6. The molecule has 0 aliphatic heterocycles. The number of nitrogens with one attached hydrogen (secondary N) is 1. The Labute approximate surface area is 143 Å². The smallest absolute Gasteiger partial charge is 0.277 e. The highest BCUT2D eigenvalue weighted by Crippen LogP contribution is 2.36. The van der Waals surface area contributed by atoms with Gasteiger partial charge >= 0.3 is 0 Å². The minimum atomic E-state index is -1.29. The van der Waals surface area contributed by atoms with Crippen molar-refractivity contribution in [2.75, 3.05) is 6.61 Å². The molecule has 23 heavy (non-hydrogen) atoms. The fourth-order valence-corrected chi connectivity index (χ4v) is 2.86. The normalized spacial score (nSPS) is 22.7. The molecule has 0 radical (unpaired) electrons. The number of rotatable bonds is 5. The number of aryl methyl sites for hydroxylation is 1. The summed E-state index contributed by atoms with van der Waals surface area (Å²) in [5, 5.41) is 6.93. The Morgan fingerprint density at radius 1 is 1.43 bits per heavy atom. The fraction of sp³-hybridized carbons (Fsp3) is 0.400. The average molecular weight is 358 g/mol. The molecule has 124 valence electrons. The van der Waals surface area contributed by atoms with Crippen LogP contribution in [0.1, 0.15) is 31.1 Å². The number of aromatic nitrogens is 2. The van der Waals surface area contributed by atoms with Gasteiger partial charge in [-0.1, -0.05) is 22.8 Å². The molecular formula is C15H17Cl2N3O3. The molecule has 1 atom stereocenters. The quantitative estimate of drug-likeness (QED) is 0.500. The summed E-state index contributed by atoms with van der Waals surface area (Å²) in [6, 6.07) is 0. The number of halogens is 2. The average Bonchev–Trinajstić information content (AvgIpc) is 2.87. The number of alkyl halides is 1. The van der Waals surface area contributed by atoms with Crippen LogP contribution in [0.2, 0.25) is 0 Å². The number of oxime groups is 1. The molecule has 0 bridgehead atoms. The molecule has 8 heteroatoms. The van der Waals surface area contributed by atoms with Crippen molar-refractivity contribution in [1.29, 1.82) is 0 Å². The van der Waals surface area contributed by atoms with Gasteiger partial charge in [0, 0.05) is 18.3 Å². The Balaban J connectivity index is 2.48.